The molecule has 4 rings (SSSR count). The molecule has 0 spiro atoms. The minimum atomic E-state index is -1.00. The van der Waals surface area contributed by atoms with E-state index in [4.69, 9.17) is 11.5 Å². The van der Waals surface area contributed by atoms with E-state index in [0.29, 0.717) is 18.5 Å². The summed E-state index contributed by atoms with van der Waals surface area (Å²) in [5, 5.41) is 18.5. The molecule has 10 amide bonds. The van der Waals surface area contributed by atoms with Gasteiger partial charge in [-0.25, -0.2) is 4.98 Å². The van der Waals surface area contributed by atoms with Crippen molar-refractivity contribution in [2.24, 2.45) is 28.5 Å². The van der Waals surface area contributed by atoms with E-state index in [1.165, 1.54) is 34.7 Å². The van der Waals surface area contributed by atoms with Crippen LogP contribution >= 0.6 is 11.8 Å². The molecule has 25 heteroatoms. The molecule has 2 aromatic carbocycles. The number of aromatic amines is 2. The molecule has 426 valence electrons. The third kappa shape index (κ3) is 33.0. The van der Waals surface area contributed by atoms with Crippen LogP contribution in [0.3, 0.4) is 0 Å². The Hall–Kier alpha value is -7.80. The summed E-state index contributed by atoms with van der Waals surface area (Å²) < 4.78 is 0. The molecule has 15 N–H and O–H groups in total. The number of aryl methyl sites for hydroxylation is 1. The van der Waals surface area contributed by atoms with Crippen molar-refractivity contribution in [3.05, 3.63) is 90.1 Å². The number of primary amides is 2. The number of rotatable bonds is 24. The van der Waals surface area contributed by atoms with Gasteiger partial charge in [0.05, 0.1) is 44.9 Å². The minimum absolute atomic E-state index is 0.0882. The Kier molecular flexibility index (Phi) is 34.8. The van der Waals surface area contributed by atoms with Gasteiger partial charge < -0.3 is 69.3 Å². The second-order valence-electron chi connectivity index (χ2n) is 18.8. The normalized spacial score (nSPS) is 11.4. The van der Waals surface area contributed by atoms with Crippen LogP contribution in [-0.2, 0) is 60.8 Å². The van der Waals surface area contributed by atoms with E-state index in [1.807, 2.05) is 70.2 Å². The number of para-hydroxylation sites is 1. The van der Waals surface area contributed by atoms with Gasteiger partial charge in [-0.15, -0.1) is 11.8 Å². The standard InChI is InChI=1S/C23H34N6O4.C15H23N7O5S.C7H8.C4H10.C3H7NO/c1-14(23(2,3)4)28-20(31)13-27-22(33)18(29-21(32)12-26-19(30)10-24)9-15-11-25-17-8-6-5-7-16(15)17;1-28-9-22(6-12(16)24)14(26)5-19-15(27)11(2-10-3-17-7-20-10)21-13(25)4-18-8-23;1-7-5-3-2-4-6-7;1-4(2)3;1-2-3(4)5/h5-8,11,14,18,25H,9-10,12-13,24H2,1-4H3,(H,26,30)(H,27,33)(H,28,31)(H,29,32);3,7-8,11H,2,4-6,9H2,1H3,(H2,16,24)(H,17,20)(H,18,23)(H,19,27)(H,21,25);2-6H,1H3;4H,1-3H3;2H2,1H3,(H2,4,5)/t14?,18-;11-;;;/m00.../s1. The molecule has 0 saturated carbocycles. The summed E-state index contributed by atoms with van der Waals surface area (Å²) in [7, 11) is 0. The number of thioether (sulfide) groups is 1. The van der Waals surface area contributed by atoms with Crippen molar-refractivity contribution < 1.29 is 47.9 Å². The van der Waals surface area contributed by atoms with Crippen LogP contribution in [0.15, 0.2) is 73.3 Å². The van der Waals surface area contributed by atoms with Crippen molar-refractivity contribution in [2.45, 2.75) is 99.7 Å². The fourth-order valence-corrected chi connectivity index (χ4v) is 6.26. The fraction of sp³-hybridized carbons (Fsp3) is 0.481. The van der Waals surface area contributed by atoms with Crippen molar-refractivity contribution >= 4 is 82.2 Å². The summed E-state index contributed by atoms with van der Waals surface area (Å²) >= 11 is 1.32. The fourth-order valence-electron chi connectivity index (χ4n) is 5.71. The van der Waals surface area contributed by atoms with Crippen molar-refractivity contribution in [3.8, 4) is 0 Å². The second kappa shape index (κ2) is 38.7. The number of amides is 10. The van der Waals surface area contributed by atoms with Crippen LogP contribution in [0.4, 0.5) is 0 Å². The molecule has 0 aliphatic heterocycles. The number of carbonyl (C=O) groups is 10. The summed E-state index contributed by atoms with van der Waals surface area (Å²) in [5.74, 6) is -3.35. The van der Waals surface area contributed by atoms with E-state index in [0.717, 1.165) is 22.4 Å². The minimum Gasteiger partial charge on any atom is -0.370 e. The van der Waals surface area contributed by atoms with Gasteiger partial charge in [0.25, 0.3) is 0 Å². The maximum absolute atomic E-state index is 12.9. The SMILES string of the molecule is CC(C)C.CC(NC(=O)CNC(=O)[C@H](Cc1c[nH]c2ccccc12)NC(=O)CNC(=O)CN)C(C)(C)C.CCC(N)=O.CSCN(CC(N)=O)C(=O)CNC(=O)[C@H](Cc1cnc[nH]1)NC(=O)CNC=O.Cc1ccccc1. The first-order valence-corrected chi connectivity index (χ1v) is 26.1. The van der Waals surface area contributed by atoms with Gasteiger partial charge in [-0.1, -0.05) is 103 Å². The predicted molar refractivity (Wildman–Crippen MR) is 298 cm³/mol. The number of aromatic nitrogens is 3. The predicted octanol–water partition coefficient (Wildman–Crippen LogP) is 0.410. The Morgan fingerprint density at radius 1 is 0.727 bits per heavy atom. The maximum atomic E-state index is 12.9. The lowest BCUT2D eigenvalue weighted by Crippen LogP contribution is -2.53. The topological polar surface area (TPSA) is 381 Å². The van der Waals surface area contributed by atoms with E-state index in [-0.39, 0.29) is 81.3 Å². The van der Waals surface area contributed by atoms with Crippen molar-refractivity contribution in [1.82, 2.24) is 57.1 Å². The van der Waals surface area contributed by atoms with E-state index >= 15 is 0 Å². The largest absolute Gasteiger partial charge is 0.370 e. The molecule has 2 heterocycles. The van der Waals surface area contributed by atoms with E-state index in [9.17, 15) is 47.9 Å². The number of benzene rings is 2. The molecule has 77 heavy (non-hydrogen) atoms. The number of hydrogen-bond donors (Lipinski definition) is 12. The van der Waals surface area contributed by atoms with Gasteiger partial charge in [0, 0.05) is 54.3 Å². The summed E-state index contributed by atoms with van der Waals surface area (Å²) in [5.41, 5.74) is 18.5. The number of nitrogens with one attached hydrogen (secondary N) is 9. The van der Waals surface area contributed by atoms with Crippen LogP contribution in [0.5, 0.6) is 0 Å². The quantitative estimate of drug-likeness (QED) is 0.0335. The molecule has 4 aromatic rings. The molecule has 0 saturated heterocycles. The average Bonchev–Trinajstić information content (AvgIpc) is 4.05. The lowest BCUT2D eigenvalue weighted by atomic mass is 9.88. The van der Waals surface area contributed by atoms with Gasteiger partial charge in [-0.05, 0) is 43.1 Å². The first-order valence-electron chi connectivity index (χ1n) is 24.7. The van der Waals surface area contributed by atoms with Crippen molar-refractivity contribution in [1.29, 1.82) is 0 Å². The molecule has 3 atom stereocenters. The van der Waals surface area contributed by atoms with Gasteiger partial charge in [-0.2, -0.15) is 0 Å². The Morgan fingerprint density at radius 3 is 1.75 bits per heavy atom. The zero-order chi connectivity index (χ0) is 58.5. The highest BCUT2D eigenvalue weighted by atomic mass is 32.2. The summed E-state index contributed by atoms with van der Waals surface area (Å²) in [6, 6.07) is 15.8. The first-order chi connectivity index (χ1) is 36.3. The highest BCUT2D eigenvalue weighted by Gasteiger charge is 2.26. The molecule has 0 aliphatic rings. The maximum Gasteiger partial charge on any atom is 0.243 e. The number of fused-ring (bicyclic) bond motifs is 1. The second-order valence-corrected chi connectivity index (χ2v) is 19.7. The molecule has 0 radical (unpaired) electrons. The van der Waals surface area contributed by atoms with Crippen molar-refractivity contribution in [3.63, 3.8) is 0 Å². The van der Waals surface area contributed by atoms with E-state index < -0.39 is 53.4 Å². The van der Waals surface area contributed by atoms with E-state index in [2.05, 4.69) is 97.7 Å². The molecule has 2 aromatic heterocycles. The van der Waals surface area contributed by atoms with Crippen LogP contribution in [0.2, 0.25) is 0 Å². The summed E-state index contributed by atoms with van der Waals surface area (Å²) in [4.78, 5) is 127. The molecule has 0 bridgehead atoms. The molecule has 0 aliphatic carbocycles. The number of H-pyrrole nitrogens is 2. The zero-order valence-electron chi connectivity index (χ0n) is 46.0. The van der Waals surface area contributed by atoms with Gasteiger partial charge in [0.1, 0.15) is 18.6 Å². The molecule has 0 fully saturated rings. The highest BCUT2D eigenvalue weighted by molar-refractivity contribution is 7.98. The van der Waals surface area contributed by atoms with Gasteiger partial charge in [0.15, 0.2) is 0 Å². The summed E-state index contributed by atoms with van der Waals surface area (Å²) in [6.07, 6.45) is 7.56. The Labute approximate surface area is 455 Å². The zero-order valence-corrected chi connectivity index (χ0v) is 46.8. The molecular weight excluding hydrogens is 1010 g/mol. The summed E-state index contributed by atoms with van der Waals surface area (Å²) in [6.45, 7) is 16.5. The Morgan fingerprint density at radius 2 is 1.26 bits per heavy atom. The van der Waals surface area contributed by atoms with Crippen LogP contribution in [0.1, 0.15) is 78.6 Å². The number of nitrogens with two attached hydrogens (primary N) is 3. The lowest BCUT2D eigenvalue weighted by molar-refractivity contribution is -0.135. The van der Waals surface area contributed by atoms with Gasteiger partial charge in [0.2, 0.25) is 59.6 Å². The first kappa shape index (κ1) is 69.2. The molecular formula is C52H82N14O10S. The van der Waals surface area contributed by atoms with Crippen LogP contribution < -0.4 is 54.4 Å². The molecule has 24 nitrogen and oxygen atoms in total. The van der Waals surface area contributed by atoms with Gasteiger partial charge >= 0.3 is 0 Å². The smallest absolute Gasteiger partial charge is 0.243 e. The number of imidazole rings is 1. The van der Waals surface area contributed by atoms with Crippen LogP contribution in [0.25, 0.3) is 10.9 Å². The third-order valence-corrected chi connectivity index (χ3v) is 10.7. The van der Waals surface area contributed by atoms with Crippen LogP contribution in [-0.4, -0.2) is 149 Å². The Balaban J connectivity index is 0.00000117. The number of nitrogens with zero attached hydrogens (tertiary/aromatic N) is 2. The van der Waals surface area contributed by atoms with E-state index in [1.54, 1.807) is 19.4 Å². The molecule has 1 unspecified atom stereocenters. The number of hydrogen-bond acceptors (Lipinski definition) is 13. The monoisotopic (exact) mass is 1090 g/mol. The third-order valence-electron chi connectivity index (χ3n) is 10.1. The number of carbonyl (C=O) groups excluding carboxylic acids is 10. The van der Waals surface area contributed by atoms with Crippen LogP contribution in [0, 0.1) is 18.3 Å². The average molecular weight is 1100 g/mol. The van der Waals surface area contributed by atoms with Crippen molar-refractivity contribution in [2.75, 3.05) is 51.4 Å². The van der Waals surface area contributed by atoms with Gasteiger partial charge in [-0.3, -0.25) is 47.9 Å². The Bertz CT molecular complexity index is 2430. The lowest BCUT2D eigenvalue weighted by Gasteiger charge is -2.28. The highest BCUT2D eigenvalue weighted by Crippen LogP contribution is 2.20.